The van der Waals surface area contributed by atoms with E-state index in [1.807, 2.05) is 0 Å². The van der Waals surface area contributed by atoms with Crippen molar-refractivity contribution in [2.45, 2.75) is 42.9 Å². The first-order chi connectivity index (χ1) is 16.8. The summed E-state index contributed by atoms with van der Waals surface area (Å²) >= 11 is 0. The van der Waals surface area contributed by atoms with Gasteiger partial charge in [-0.25, -0.2) is 24.1 Å². The predicted octanol–water partition coefficient (Wildman–Crippen LogP) is -3.44. The number of rotatable bonds is 12. The molecule has 9 N–H and O–H groups in total. The van der Waals surface area contributed by atoms with Crippen LogP contribution in [0.1, 0.15) is 6.23 Å². The summed E-state index contributed by atoms with van der Waals surface area (Å²) in [4.78, 5) is 42.2. The maximum absolute atomic E-state index is 12.1. The molecule has 2 aromatic rings. The van der Waals surface area contributed by atoms with Gasteiger partial charge in [-0.3, -0.25) is 13.6 Å². The van der Waals surface area contributed by atoms with Crippen LogP contribution in [0.2, 0.25) is 0 Å². The highest BCUT2D eigenvalue weighted by Gasteiger charge is 2.46. The largest absolute Gasteiger partial charge is 0.481 e. The van der Waals surface area contributed by atoms with Crippen molar-refractivity contribution < 1.29 is 67.3 Å². The fraction of sp³-hybridized carbons (Fsp3) is 0.600. The number of anilines is 1. The number of nitrogen functional groups attached to an aromatic ring is 1. The Morgan fingerprint density at radius 3 is 2.50 bits per heavy atom. The second-order valence-corrected chi connectivity index (χ2v) is 10.4. The summed E-state index contributed by atoms with van der Waals surface area (Å²) in [6.07, 6.45) is -10.3. The van der Waals surface area contributed by atoms with Crippen LogP contribution in [0.25, 0.3) is 11.2 Å². The lowest BCUT2D eigenvalue weighted by Gasteiger charge is -2.24. The van der Waals surface area contributed by atoms with Gasteiger partial charge >= 0.3 is 15.6 Å². The fourth-order valence-electron chi connectivity index (χ4n) is 3.14. The number of phosphoric acid groups is 2. The predicted molar refractivity (Wildman–Crippen MR) is 112 cm³/mol. The molecule has 2 aromatic heterocycles. The van der Waals surface area contributed by atoms with E-state index in [1.165, 1.54) is 10.9 Å². The number of aliphatic hydroxyl groups excluding tert-OH is 5. The van der Waals surface area contributed by atoms with Crippen molar-refractivity contribution >= 4 is 38.9 Å². The maximum Gasteiger partial charge on any atom is 0.481 e. The Labute approximate surface area is 200 Å². The van der Waals surface area contributed by atoms with Crippen molar-refractivity contribution in [3.05, 3.63) is 12.7 Å². The van der Waals surface area contributed by atoms with Gasteiger partial charge in [0.1, 0.15) is 42.4 Å². The number of carbonyl (C=O) groups excluding carboxylic acids is 1. The molecular weight excluding hydrogens is 536 g/mol. The van der Waals surface area contributed by atoms with E-state index >= 15 is 0 Å². The minimum atomic E-state index is -5.58. The number of aldehydes is 1. The molecule has 0 amide bonds. The zero-order chi connectivity index (χ0) is 26.8. The number of ether oxygens (including phenoxy) is 1. The SMILES string of the molecule is Nc1ncnc2c1ncn2[C@@H]1O[C@H](COP(=O)(O)OP(=O)(O)O[C@@H](C=O)[C@H](O)[C@H](O)CO)[C@@H](O)[C@H]1O. The van der Waals surface area contributed by atoms with Gasteiger partial charge in [0.2, 0.25) is 0 Å². The monoisotopic (exact) mass is 559 g/mol. The first kappa shape index (κ1) is 28.6. The van der Waals surface area contributed by atoms with Crippen LogP contribution in [-0.2, 0) is 32.0 Å². The molecule has 0 bridgehead atoms. The number of aliphatic hydroxyl groups is 5. The van der Waals surface area contributed by atoms with Gasteiger partial charge in [-0.05, 0) is 0 Å². The molecule has 1 fully saturated rings. The summed E-state index contributed by atoms with van der Waals surface area (Å²) in [5.41, 5.74) is 6.02. The number of fused-ring (bicyclic) bond motifs is 1. The quantitative estimate of drug-likeness (QED) is 0.0926. The average molecular weight is 559 g/mol. The minimum absolute atomic E-state index is 0.0379. The third-order valence-corrected chi connectivity index (χ3v) is 7.55. The van der Waals surface area contributed by atoms with E-state index in [9.17, 15) is 44.1 Å². The van der Waals surface area contributed by atoms with Gasteiger partial charge in [-0.1, -0.05) is 0 Å². The van der Waals surface area contributed by atoms with E-state index in [-0.39, 0.29) is 23.3 Å². The van der Waals surface area contributed by atoms with E-state index in [4.69, 9.17) is 15.6 Å². The number of hydrogen-bond donors (Lipinski definition) is 8. The van der Waals surface area contributed by atoms with Gasteiger partial charge in [0, 0.05) is 0 Å². The molecule has 0 aliphatic carbocycles. The molecule has 19 nitrogen and oxygen atoms in total. The first-order valence-electron chi connectivity index (χ1n) is 9.87. The van der Waals surface area contributed by atoms with E-state index in [0.29, 0.717) is 0 Å². The van der Waals surface area contributed by atoms with Crippen LogP contribution in [0.3, 0.4) is 0 Å². The van der Waals surface area contributed by atoms with Crippen molar-refractivity contribution in [3.8, 4) is 0 Å². The fourth-order valence-corrected chi connectivity index (χ4v) is 5.35. The molecule has 1 aliphatic rings. The third-order valence-electron chi connectivity index (χ3n) is 4.91. The zero-order valence-corrected chi connectivity index (χ0v) is 19.7. The lowest BCUT2D eigenvalue weighted by atomic mass is 10.1. The molecular formula is C15H23N5O14P2. The number of aromatic nitrogens is 4. The van der Waals surface area contributed by atoms with E-state index < -0.39 is 71.7 Å². The van der Waals surface area contributed by atoms with Gasteiger partial charge in [-0.2, -0.15) is 4.31 Å². The summed E-state index contributed by atoms with van der Waals surface area (Å²) in [5, 5.41) is 48.4. The molecule has 0 saturated carbocycles. The third kappa shape index (κ3) is 6.29. The molecule has 0 aromatic carbocycles. The molecule has 2 unspecified atom stereocenters. The maximum atomic E-state index is 12.1. The van der Waals surface area contributed by atoms with Gasteiger partial charge in [-0.15, -0.1) is 0 Å². The number of carbonyl (C=O) groups is 1. The Bertz CT molecular complexity index is 1170. The first-order valence-corrected chi connectivity index (χ1v) is 12.9. The highest BCUT2D eigenvalue weighted by atomic mass is 31.3. The smallest absolute Gasteiger partial charge is 0.394 e. The second kappa shape index (κ2) is 11.2. The van der Waals surface area contributed by atoms with Crippen molar-refractivity contribution in [1.29, 1.82) is 0 Å². The van der Waals surface area contributed by atoms with E-state index in [2.05, 4.69) is 28.3 Å². The Balaban J connectivity index is 1.64. The van der Waals surface area contributed by atoms with Crippen LogP contribution < -0.4 is 5.73 Å². The van der Waals surface area contributed by atoms with Crippen LogP contribution in [0.4, 0.5) is 5.82 Å². The molecule has 9 atom stereocenters. The molecule has 0 radical (unpaired) electrons. The minimum Gasteiger partial charge on any atom is -0.394 e. The Morgan fingerprint density at radius 2 is 1.86 bits per heavy atom. The molecule has 21 heteroatoms. The van der Waals surface area contributed by atoms with Crippen LogP contribution in [0.5, 0.6) is 0 Å². The van der Waals surface area contributed by atoms with E-state index in [1.54, 1.807) is 0 Å². The number of nitrogens with two attached hydrogens (primary N) is 1. The Hall–Kier alpha value is -1.96. The normalized spacial score (nSPS) is 28.3. The summed E-state index contributed by atoms with van der Waals surface area (Å²) < 4.78 is 43.7. The van der Waals surface area contributed by atoms with Crippen LogP contribution in [0.15, 0.2) is 12.7 Å². The highest BCUT2D eigenvalue weighted by Crippen LogP contribution is 2.61. The average Bonchev–Trinajstić information content (AvgIpc) is 3.36. The van der Waals surface area contributed by atoms with Gasteiger partial charge in [0.15, 0.2) is 30.1 Å². The summed E-state index contributed by atoms with van der Waals surface area (Å²) in [5.74, 6) is 0.0379. The topological polar surface area (TPSA) is 299 Å². The van der Waals surface area contributed by atoms with Crippen molar-refractivity contribution in [3.63, 3.8) is 0 Å². The lowest BCUT2D eigenvalue weighted by molar-refractivity contribution is -0.126. The molecule has 36 heavy (non-hydrogen) atoms. The van der Waals surface area contributed by atoms with Gasteiger partial charge in [0.05, 0.1) is 19.5 Å². The van der Waals surface area contributed by atoms with Gasteiger partial charge in [0.25, 0.3) is 0 Å². The van der Waals surface area contributed by atoms with Crippen LogP contribution in [-0.4, -0.2) is 111 Å². The molecule has 3 rings (SSSR count). The molecule has 0 spiro atoms. The molecule has 3 heterocycles. The Morgan fingerprint density at radius 1 is 1.17 bits per heavy atom. The number of hydrogen-bond acceptors (Lipinski definition) is 16. The zero-order valence-electron chi connectivity index (χ0n) is 17.9. The van der Waals surface area contributed by atoms with Crippen molar-refractivity contribution in [1.82, 2.24) is 19.5 Å². The number of nitrogens with zero attached hydrogens (tertiary/aromatic N) is 4. The second-order valence-electron chi connectivity index (χ2n) is 7.39. The lowest BCUT2D eigenvalue weighted by Crippen LogP contribution is -2.41. The number of imidazole rings is 1. The number of phosphoric ester groups is 2. The standard InChI is InChI=1S/C15H23N5O14P2/c16-13-9-14(18-4-17-13)20(5-19-9)15-12(26)11(25)8(32-15)3-31-35(27,28)34-36(29,30)33-7(2-22)10(24)6(23)1-21/h2,4-8,10-12,15,21,23-26H,1,3H2,(H,27,28)(H,29,30)(H2,16,17,18)/t6-,7+,8-,10-,11-,12-,15-/m1/s1. The highest BCUT2D eigenvalue weighted by molar-refractivity contribution is 7.61. The summed E-state index contributed by atoms with van der Waals surface area (Å²) in [6.45, 7) is -1.99. The summed E-state index contributed by atoms with van der Waals surface area (Å²) in [6, 6.07) is 0. The van der Waals surface area contributed by atoms with Crippen molar-refractivity contribution in [2.24, 2.45) is 0 Å². The van der Waals surface area contributed by atoms with Gasteiger partial charge < -0.3 is 50.6 Å². The molecule has 1 saturated heterocycles. The Kier molecular flexibility index (Phi) is 8.90. The molecule has 1 aliphatic heterocycles. The summed E-state index contributed by atoms with van der Waals surface area (Å²) in [7, 11) is -11.0. The van der Waals surface area contributed by atoms with E-state index in [0.717, 1.165) is 6.33 Å². The van der Waals surface area contributed by atoms with Crippen LogP contribution >= 0.6 is 15.6 Å². The molecule has 202 valence electrons. The van der Waals surface area contributed by atoms with Crippen molar-refractivity contribution in [2.75, 3.05) is 18.9 Å². The van der Waals surface area contributed by atoms with Crippen LogP contribution in [0, 0.1) is 0 Å².